The summed E-state index contributed by atoms with van der Waals surface area (Å²) in [7, 11) is 0. The molecule has 26 heavy (non-hydrogen) atoms. The Morgan fingerprint density at radius 1 is 1.38 bits per heavy atom. The van der Waals surface area contributed by atoms with E-state index in [1.807, 2.05) is 24.5 Å². The van der Waals surface area contributed by atoms with Gasteiger partial charge in [-0.1, -0.05) is 12.1 Å². The first-order chi connectivity index (χ1) is 12.7. The monoisotopic (exact) mass is 365 g/mol. The molecule has 1 aliphatic rings. The van der Waals surface area contributed by atoms with E-state index in [9.17, 15) is 10.1 Å². The number of ether oxygens (including phenoxy) is 1. The van der Waals surface area contributed by atoms with Gasteiger partial charge in [0.15, 0.2) is 12.2 Å². The first-order valence-electron chi connectivity index (χ1n) is 8.20. The van der Waals surface area contributed by atoms with Crippen LogP contribution in [0.2, 0.25) is 0 Å². The molecule has 0 atom stereocenters. The van der Waals surface area contributed by atoms with Crippen LogP contribution in [-0.2, 0) is 11.3 Å². The van der Waals surface area contributed by atoms with Gasteiger partial charge < -0.3 is 9.15 Å². The Morgan fingerprint density at radius 3 is 2.88 bits per heavy atom. The van der Waals surface area contributed by atoms with Gasteiger partial charge in [-0.3, -0.25) is 0 Å². The number of rotatable bonds is 5. The predicted molar refractivity (Wildman–Crippen MR) is 95.8 cm³/mol. The molecule has 1 aromatic carbocycles. The van der Waals surface area contributed by atoms with Gasteiger partial charge >= 0.3 is 5.97 Å². The van der Waals surface area contributed by atoms with Crippen LogP contribution >= 0.6 is 11.8 Å². The summed E-state index contributed by atoms with van der Waals surface area (Å²) in [6.07, 6.45) is 3.96. The summed E-state index contributed by atoms with van der Waals surface area (Å²) in [5.41, 5.74) is 2.71. The zero-order valence-corrected chi connectivity index (χ0v) is 14.9. The Balaban J connectivity index is 1.59. The van der Waals surface area contributed by atoms with Gasteiger partial charge in [-0.25, -0.2) is 14.8 Å². The Bertz CT molecular complexity index is 1000. The van der Waals surface area contributed by atoms with Crippen molar-refractivity contribution >= 4 is 28.8 Å². The Kier molecular flexibility index (Phi) is 4.35. The summed E-state index contributed by atoms with van der Waals surface area (Å²) in [6, 6.07) is 11.1. The second kappa shape index (κ2) is 6.81. The molecule has 6 nitrogen and oxygen atoms in total. The van der Waals surface area contributed by atoms with Gasteiger partial charge in [0, 0.05) is 11.6 Å². The second-order valence-electron chi connectivity index (χ2n) is 6.02. The maximum atomic E-state index is 12.6. The first kappa shape index (κ1) is 16.6. The number of aromatic nitrogens is 2. The maximum absolute atomic E-state index is 12.6. The van der Waals surface area contributed by atoms with Gasteiger partial charge in [0.05, 0.1) is 11.1 Å². The molecule has 1 fully saturated rings. The number of oxazole rings is 1. The topological polar surface area (TPSA) is 89.0 Å². The molecular weight excluding hydrogens is 350 g/mol. The van der Waals surface area contributed by atoms with E-state index in [1.165, 1.54) is 11.8 Å². The van der Waals surface area contributed by atoms with Crippen LogP contribution < -0.4 is 0 Å². The van der Waals surface area contributed by atoms with E-state index < -0.39 is 5.97 Å². The number of hydrogen-bond acceptors (Lipinski definition) is 7. The number of benzene rings is 1. The fourth-order valence-electron chi connectivity index (χ4n) is 2.73. The van der Waals surface area contributed by atoms with E-state index in [-0.39, 0.29) is 17.7 Å². The van der Waals surface area contributed by atoms with E-state index in [1.54, 1.807) is 12.1 Å². The summed E-state index contributed by atoms with van der Waals surface area (Å²) < 4.78 is 10.9. The molecule has 0 amide bonds. The molecule has 0 unspecified atom stereocenters. The number of nitriles is 1. The van der Waals surface area contributed by atoms with Crippen molar-refractivity contribution < 1.29 is 13.9 Å². The molecule has 130 valence electrons. The van der Waals surface area contributed by atoms with Crippen LogP contribution in [0.15, 0.2) is 39.8 Å². The van der Waals surface area contributed by atoms with Crippen molar-refractivity contribution in [3.63, 3.8) is 0 Å². The number of carbonyl (C=O) groups is 1. The normalized spacial score (nSPS) is 13.5. The van der Waals surface area contributed by atoms with E-state index in [0.717, 1.165) is 18.5 Å². The van der Waals surface area contributed by atoms with Crippen molar-refractivity contribution in [2.75, 3.05) is 6.26 Å². The molecule has 0 bridgehead atoms. The van der Waals surface area contributed by atoms with Crippen LogP contribution in [0.5, 0.6) is 0 Å². The number of esters is 1. The molecule has 1 aliphatic carbocycles. The lowest BCUT2D eigenvalue weighted by molar-refractivity contribution is 0.0439. The molecule has 0 spiro atoms. The average Bonchev–Trinajstić information content (AvgIpc) is 3.44. The second-order valence-corrected chi connectivity index (χ2v) is 6.81. The van der Waals surface area contributed by atoms with Crippen molar-refractivity contribution in [1.29, 1.82) is 5.26 Å². The molecule has 0 aliphatic heterocycles. The fourth-order valence-corrected chi connectivity index (χ4v) is 3.29. The molecule has 0 N–H and O–H groups in total. The standard InChI is InChI=1S/C19H15N3O3S/c1-26-18-13(9-20)12(8-15(22-18)11-6-7-11)19(23)24-10-17-21-14-4-2-3-5-16(14)25-17/h2-5,8,11H,6-7,10H2,1H3. The lowest BCUT2D eigenvalue weighted by Gasteiger charge is -2.09. The van der Waals surface area contributed by atoms with E-state index in [0.29, 0.717) is 27.9 Å². The van der Waals surface area contributed by atoms with E-state index in [4.69, 9.17) is 9.15 Å². The number of nitrogens with zero attached hydrogens (tertiary/aromatic N) is 3. The lowest BCUT2D eigenvalue weighted by atomic mass is 10.1. The minimum absolute atomic E-state index is 0.0892. The smallest absolute Gasteiger partial charge is 0.340 e. The number of hydrogen-bond donors (Lipinski definition) is 0. The van der Waals surface area contributed by atoms with Crippen molar-refractivity contribution in [3.8, 4) is 6.07 Å². The van der Waals surface area contributed by atoms with E-state index >= 15 is 0 Å². The highest BCUT2D eigenvalue weighted by Crippen LogP contribution is 2.40. The zero-order valence-electron chi connectivity index (χ0n) is 14.1. The third kappa shape index (κ3) is 3.16. The van der Waals surface area contributed by atoms with Gasteiger partial charge in [-0.2, -0.15) is 5.26 Å². The van der Waals surface area contributed by atoms with Crippen molar-refractivity contribution in [2.24, 2.45) is 0 Å². The van der Waals surface area contributed by atoms with Crippen LogP contribution in [0.1, 0.15) is 46.3 Å². The number of carbonyl (C=O) groups excluding carboxylic acids is 1. The SMILES string of the molecule is CSc1nc(C2CC2)cc(C(=O)OCc2nc3ccccc3o2)c1C#N. The highest BCUT2D eigenvalue weighted by molar-refractivity contribution is 7.98. The highest BCUT2D eigenvalue weighted by atomic mass is 32.2. The number of para-hydroxylation sites is 2. The molecule has 2 heterocycles. The van der Waals surface area contributed by atoms with Crippen molar-refractivity contribution in [1.82, 2.24) is 9.97 Å². The lowest BCUT2D eigenvalue weighted by Crippen LogP contribution is -2.10. The predicted octanol–water partition coefficient (Wildman–Crippen LogP) is 4.05. The molecule has 7 heteroatoms. The maximum Gasteiger partial charge on any atom is 0.340 e. The quantitative estimate of drug-likeness (QED) is 0.498. The largest absolute Gasteiger partial charge is 0.452 e. The van der Waals surface area contributed by atoms with Gasteiger partial charge in [0.2, 0.25) is 5.89 Å². The van der Waals surface area contributed by atoms with Gasteiger partial charge in [0.1, 0.15) is 16.6 Å². The zero-order chi connectivity index (χ0) is 18.1. The van der Waals surface area contributed by atoms with E-state index in [2.05, 4.69) is 16.0 Å². The van der Waals surface area contributed by atoms with Crippen molar-refractivity contribution in [3.05, 3.63) is 53.0 Å². The highest BCUT2D eigenvalue weighted by Gasteiger charge is 2.29. The molecular formula is C19H15N3O3S. The number of pyridine rings is 1. The van der Waals surface area contributed by atoms with Crippen LogP contribution in [0, 0.1) is 11.3 Å². The van der Waals surface area contributed by atoms with Crippen LogP contribution in [0.4, 0.5) is 0 Å². The minimum Gasteiger partial charge on any atom is -0.452 e. The number of thioether (sulfide) groups is 1. The summed E-state index contributed by atoms with van der Waals surface area (Å²) >= 11 is 1.36. The fraction of sp³-hybridized carbons (Fsp3) is 0.263. The average molecular weight is 365 g/mol. The first-order valence-corrected chi connectivity index (χ1v) is 9.42. The van der Waals surface area contributed by atoms with Gasteiger partial charge in [0.25, 0.3) is 0 Å². The molecule has 1 saturated carbocycles. The Hall–Kier alpha value is -2.85. The number of fused-ring (bicyclic) bond motifs is 1. The molecule has 3 aromatic rings. The summed E-state index contributed by atoms with van der Waals surface area (Å²) in [4.78, 5) is 21.4. The molecule has 0 radical (unpaired) electrons. The Labute approximate surface area is 154 Å². The molecule has 2 aromatic heterocycles. The van der Waals surface area contributed by atoms with Crippen LogP contribution in [-0.4, -0.2) is 22.2 Å². The third-order valence-corrected chi connectivity index (χ3v) is 4.87. The Morgan fingerprint density at radius 2 is 2.19 bits per heavy atom. The molecule has 0 saturated heterocycles. The van der Waals surface area contributed by atoms with Crippen LogP contribution in [0.3, 0.4) is 0 Å². The van der Waals surface area contributed by atoms with Gasteiger partial charge in [-0.15, -0.1) is 11.8 Å². The third-order valence-electron chi connectivity index (χ3n) is 4.19. The summed E-state index contributed by atoms with van der Waals surface area (Å²) in [5, 5.41) is 10.0. The summed E-state index contributed by atoms with van der Waals surface area (Å²) in [5.74, 6) is 0.125. The van der Waals surface area contributed by atoms with Crippen molar-refractivity contribution in [2.45, 2.75) is 30.4 Å². The van der Waals surface area contributed by atoms with Crippen LogP contribution in [0.25, 0.3) is 11.1 Å². The summed E-state index contributed by atoms with van der Waals surface area (Å²) in [6.45, 7) is -0.0892. The minimum atomic E-state index is -0.566. The molecule has 4 rings (SSSR count). The van der Waals surface area contributed by atoms with Gasteiger partial charge in [-0.05, 0) is 37.3 Å².